The molecule has 0 aromatic rings. The zero-order valence-electron chi connectivity index (χ0n) is 10.5. The van der Waals surface area contributed by atoms with Crippen molar-refractivity contribution in [3.05, 3.63) is 0 Å². The summed E-state index contributed by atoms with van der Waals surface area (Å²) in [5.41, 5.74) is 0. The molecule has 0 radical (unpaired) electrons. The van der Waals surface area contributed by atoms with E-state index in [1.807, 2.05) is 5.32 Å². The number of alkyl halides is 3. The highest BCUT2D eigenvalue weighted by molar-refractivity contribution is 5.78. The lowest BCUT2D eigenvalue weighted by Crippen LogP contribution is -2.45. The standard InChI is InChI=1S/C12H19F3N2O/c1-8(9-2-3-9)17(10-4-5-10)6-11(18)16-7-12(13,14)15/h8-10H,2-7H2,1H3,(H,16,18)/t8-/m1/s1. The molecule has 0 aliphatic heterocycles. The number of nitrogens with zero attached hydrogens (tertiary/aromatic N) is 1. The maximum Gasteiger partial charge on any atom is 0.405 e. The highest BCUT2D eigenvalue weighted by atomic mass is 19.4. The summed E-state index contributed by atoms with van der Waals surface area (Å²) in [6, 6.07) is 0.714. The molecule has 2 rings (SSSR count). The summed E-state index contributed by atoms with van der Waals surface area (Å²) in [7, 11) is 0. The summed E-state index contributed by atoms with van der Waals surface area (Å²) in [6.45, 7) is 0.938. The zero-order chi connectivity index (χ0) is 13.3. The molecule has 3 nitrogen and oxygen atoms in total. The van der Waals surface area contributed by atoms with Gasteiger partial charge in [-0.25, -0.2) is 0 Å². The minimum atomic E-state index is -4.33. The number of hydrogen-bond donors (Lipinski definition) is 1. The molecule has 1 atom stereocenters. The van der Waals surface area contributed by atoms with Gasteiger partial charge in [0.2, 0.25) is 5.91 Å². The third-order valence-electron chi connectivity index (χ3n) is 3.66. The number of carbonyl (C=O) groups excluding carboxylic acids is 1. The topological polar surface area (TPSA) is 32.3 Å². The molecule has 0 heterocycles. The van der Waals surface area contributed by atoms with Gasteiger partial charge in [0.15, 0.2) is 0 Å². The molecule has 18 heavy (non-hydrogen) atoms. The van der Waals surface area contributed by atoms with Crippen molar-refractivity contribution in [2.45, 2.75) is 50.9 Å². The van der Waals surface area contributed by atoms with Crippen LogP contribution in [0.4, 0.5) is 13.2 Å². The number of hydrogen-bond acceptors (Lipinski definition) is 2. The molecule has 2 fully saturated rings. The van der Waals surface area contributed by atoms with Crippen LogP contribution in [0.25, 0.3) is 0 Å². The minimum Gasteiger partial charge on any atom is -0.346 e. The van der Waals surface area contributed by atoms with Gasteiger partial charge in [-0.15, -0.1) is 0 Å². The number of halogens is 3. The van der Waals surface area contributed by atoms with Crippen molar-refractivity contribution in [3.63, 3.8) is 0 Å². The van der Waals surface area contributed by atoms with E-state index in [1.54, 1.807) is 0 Å². The number of amides is 1. The molecule has 2 aliphatic carbocycles. The first-order valence-corrected chi connectivity index (χ1v) is 6.46. The molecule has 2 aliphatic rings. The first-order valence-electron chi connectivity index (χ1n) is 6.46. The Kier molecular flexibility index (Phi) is 3.84. The largest absolute Gasteiger partial charge is 0.405 e. The van der Waals surface area contributed by atoms with Crippen molar-refractivity contribution in [2.75, 3.05) is 13.1 Å². The van der Waals surface area contributed by atoms with Crippen LogP contribution in [0.2, 0.25) is 0 Å². The summed E-state index contributed by atoms with van der Waals surface area (Å²) in [6.07, 6.45) is 0.137. The fraction of sp³-hybridized carbons (Fsp3) is 0.917. The monoisotopic (exact) mass is 264 g/mol. The van der Waals surface area contributed by atoms with Crippen LogP contribution in [0.5, 0.6) is 0 Å². The van der Waals surface area contributed by atoms with Crippen molar-refractivity contribution < 1.29 is 18.0 Å². The Balaban J connectivity index is 1.79. The molecule has 1 N–H and O–H groups in total. The van der Waals surface area contributed by atoms with Crippen molar-refractivity contribution in [2.24, 2.45) is 5.92 Å². The van der Waals surface area contributed by atoms with Crippen molar-refractivity contribution in [1.29, 1.82) is 0 Å². The van der Waals surface area contributed by atoms with Gasteiger partial charge in [-0.05, 0) is 38.5 Å². The van der Waals surface area contributed by atoms with Gasteiger partial charge < -0.3 is 5.32 Å². The molecule has 0 spiro atoms. The van der Waals surface area contributed by atoms with E-state index >= 15 is 0 Å². The molecule has 2 saturated carbocycles. The number of carbonyl (C=O) groups is 1. The predicted molar refractivity (Wildman–Crippen MR) is 61.0 cm³/mol. The molecule has 0 aromatic carbocycles. The zero-order valence-corrected chi connectivity index (χ0v) is 10.5. The van der Waals surface area contributed by atoms with Crippen molar-refractivity contribution in [1.82, 2.24) is 10.2 Å². The summed E-state index contributed by atoms with van der Waals surface area (Å²) >= 11 is 0. The van der Waals surface area contributed by atoms with Gasteiger partial charge in [0.05, 0.1) is 6.54 Å². The van der Waals surface area contributed by atoms with E-state index in [9.17, 15) is 18.0 Å². The molecular formula is C12H19F3N2O. The lowest BCUT2D eigenvalue weighted by atomic mass is 10.1. The Morgan fingerprint density at radius 1 is 1.33 bits per heavy atom. The average molecular weight is 264 g/mol. The van der Waals surface area contributed by atoms with Crippen LogP contribution in [-0.4, -0.2) is 42.2 Å². The van der Waals surface area contributed by atoms with Crippen molar-refractivity contribution >= 4 is 5.91 Å². The molecular weight excluding hydrogens is 245 g/mol. The van der Waals surface area contributed by atoms with Crippen LogP contribution in [0.1, 0.15) is 32.6 Å². The van der Waals surface area contributed by atoms with Crippen LogP contribution >= 0.6 is 0 Å². The first-order chi connectivity index (χ1) is 8.37. The average Bonchev–Trinajstić information content (AvgIpc) is 3.14. The van der Waals surface area contributed by atoms with E-state index < -0.39 is 18.6 Å². The molecule has 104 valence electrons. The third-order valence-corrected chi connectivity index (χ3v) is 3.66. The second-order valence-corrected chi connectivity index (χ2v) is 5.37. The highest BCUT2D eigenvalue weighted by Gasteiger charge is 2.40. The predicted octanol–water partition coefficient (Wildman–Crippen LogP) is 1.93. The Morgan fingerprint density at radius 2 is 1.94 bits per heavy atom. The van der Waals surface area contributed by atoms with Gasteiger partial charge >= 0.3 is 6.18 Å². The van der Waals surface area contributed by atoms with Gasteiger partial charge in [0.25, 0.3) is 0 Å². The third kappa shape index (κ3) is 4.15. The van der Waals surface area contributed by atoms with Crippen LogP contribution < -0.4 is 5.32 Å². The Morgan fingerprint density at radius 3 is 2.39 bits per heavy atom. The van der Waals surface area contributed by atoms with Gasteiger partial charge in [0, 0.05) is 12.1 Å². The van der Waals surface area contributed by atoms with Crippen LogP contribution in [0.15, 0.2) is 0 Å². The fourth-order valence-electron chi connectivity index (χ4n) is 2.28. The fourth-order valence-corrected chi connectivity index (χ4v) is 2.28. The van der Waals surface area contributed by atoms with Gasteiger partial charge in [-0.3, -0.25) is 9.69 Å². The normalized spacial score (nSPS) is 22.1. The number of nitrogens with one attached hydrogen (secondary N) is 1. The summed E-state index contributed by atoms with van der Waals surface area (Å²) < 4.78 is 36.0. The Hall–Kier alpha value is -0.780. The number of rotatable bonds is 6. The molecule has 0 unspecified atom stereocenters. The maximum atomic E-state index is 12.0. The molecule has 1 amide bonds. The summed E-state index contributed by atoms with van der Waals surface area (Å²) in [5.74, 6) is 0.104. The van der Waals surface area contributed by atoms with Gasteiger partial charge in [-0.2, -0.15) is 13.2 Å². The van der Waals surface area contributed by atoms with E-state index in [1.165, 1.54) is 12.8 Å². The lowest BCUT2D eigenvalue weighted by molar-refractivity contribution is -0.139. The molecule has 6 heteroatoms. The molecule has 0 bridgehead atoms. The van der Waals surface area contributed by atoms with E-state index in [-0.39, 0.29) is 6.54 Å². The van der Waals surface area contributed by atoms with Crippen LogP contribution in [0.3, 0.4) is 0 Å². The maximum absolute atomic E-state index is 12.0. The van der Waals surface area contributed by atoms with E-state index in [0.29, 0.717) is 18.0 Å². The van der Waals surface area contributed by atoms with Crippen molar-refractivity contribution in [3.8, 4) is 0 Å². The van der Waals surface area contributed by atoms with Gasteiger partial charge in [-0.1, -0.05) is 0 Å². The Labute approximate surface area is 105 Å². The minimum absolute atomic E-state index is 0.0956. The first kappa shape index (κ1) is 13.6. The highest BCUT2D eigenvalue weighted by Crippen LogP contribution is 2.39. The smallest absolute Gasteiger partial charge is 0.346 e. The second kappa shape index (κ2) is 5.07. The van der Waals surface area contributed by atoms with Gasteiger partial charge in [0.1, 0.15) is 6.54 Å². The van der Waals surface area contributed by atoms with E-state index in [2.05, 4.69) is 11.8 Å². The van der Waals surface area contributed by atoms with E-state index in [4.69, 9.17) is 0 Å². The quantitative estimate of drug-likeness (QED) is 0.795. The molecule has 0 saturated heterocycles. The van der Waals surface area contributed by atoms with Crippen LogP contribution in [-0.2, 0) is 4.79 Å². The summed E-state index contributed by atoms with van der Waals surface area (Å²) in [4.78, 5) is 13.6. The lowest BCUT2D eigenvalue weighted by Gasteiger charge is -2.28. The SMILES string of the molecule is C[C@H](C1CC1)N(CC(=O)NCC(F)(F)F)C1CC1. The Bertz CT molecular complexity index is 311. The van der Waals surface area contributed by atoms with Crippen LogP contribution in [0, 0.1) is 5.92 Å². The summed E-state index contributed by atoms with van der Waals surface area (Å²) in [5, 5.41) is 1.94. The molecule has 0 aromatic heterocycles. The van der Waals surface area contributed by atoms with E-state index in [0.717, 1.165) is 12.8 Å². The second-order valence-electron chi connectivity index (χ2n) is 5.37.